The molecule has 0 unspecified atom stereocenters. The van der Waals surface area contributed by atoms with Gasteiger partial charge in [0.15, 0.2) is 0 Å². The Morgan fingerprint density at radius 2 is 1.71 bits per heavy atom. The zero-order valence-corrected chi connectivity index (χ0v) is 16.1. The fourth-order valence-electron chi connectivity index (χ4n) is 2.46. The minimum atomic E-state index is 0.778. The van der Waals surface area contributed by atoms with E-state index in [0.29, 0.717) is 0 Å². The van der Waals surface area contributed by atoms with Gasteiger partial charge in [-0.15, -0.1) is 0 Å². The van der Waals surface area contributed by atoms with E-state index in [4.69, 9.17) is 0 Å². The van der Waals surface area contributed by atoms with Gasteiger partial charge in [-0.25, -0.2) is 0 Å². The molecular weight excluding hydrogens is 460 g/mol. The van der Waals surface area contributed by atoms with Crippen molar-refractivity contribution in [3.05, 3.63) is 61.6 Å². The first-order valence-corrected chi connectivity index (χ1v) is 8.85. The molecule has 1 N–H and O–H groups in total. The molecule has 0 aliphatic carbocycles. The molecule has 2 aromatic carbocycles. The van der Waals surface area contributed by atoms with Crippen molar-refractivity contribution >= 4 is 64.4 Å². The van der Waals surface area contributed by atoms with Gasteiger partial charge in [-0.2, -0.15) is 0 Å². The van der Waals surface area contributed by atoms with Gasteiger partial charge in [0.1, 0.15) is 0 Å². The number of hydrogen-bond acceptors (Lipinski definition) is 1. The SMILES string of the molecule is Cn1cc(CNc2c(Br)cc(Br)cc2Br)c2ccccc21. The molecule has 0 aliphatic rings. The van der Waals surface area contributed by atoms with Gasteiger partial charge in [0.25, 0.3) is 0 Å². The lowest BCUT2D eigenvalue weighted by molar-refractivity contribution is 0.955. The Hall–Kier alpha value is -0.780. The zero-order valence-electron chi connectivity index (χ0n) is 11.3. The largest absolute Gasteiger partial charge is 0.379 e. The third-order valence-corrected chi connectivity index (χ3v) is 5.15. The fourth-order valence-corrected chi connectivity index (χ4v) is 5.00. The lowest BCUT2D eigenvalue weighted by atomic mass is 10.2. The van der Waals surface area contributed by atoms with Crippen LogP contribution in [-0.4, -0.2) is 4.57 Å². The monoisotopic (exact) mass is 470 g/mol. The average Bonchev–Trinajstić information content (AvgIpc) is 2.75. The second kappa shape index (κ2) is 6.15. The van der Waals surface area contributed by atoms with Crippen molar-refractivity contribution < 1.29 is 0 Å². The van der Waals surface area contributed by atoms with E-state index in [1.807, 2.05) is 12.1 Å². The topological polar surface area (TPSA) is 17.0 Å². The van der Waals surface area contributed by atoms with Gasteiger partial charge < -0.3 is 9.88 Å². The summed E-state index contributed by atoms with van der Waals surface area (Å²) in [6, 6.07) is 12.5. The molecule has 3 aromatic rings. The van der Waals surface area contributed by atoms with E-state index in [2.05, 4.69) is 95.2 Å². The number of nitrogens with zero attached hydrogens (tertiary/aromatic N) is 1. The quantitative estimate of drug-likeness (QED) is 0.489. The van der Waals surface area contributed by atoms with E-state index >= 15 is 0 Å². The molecule has 0 saturated carbocycles. The third-order valence-electron chi connectivity index (χ3n) is 3.44. The maximum Gasteiger partial charge on any atom is 0.0632 e. The van der Waals surface area contributed by atoms with Crippen LogP contribution in [0, 0.1) is 0 Å². The standard InChI is InChI=1S/C16H13Br3N2/c1-21-9-10(12-4-2-3-5-15(12)21)8-20-16-13(18)6-11(17)7-14(16)19/h2-7,9,20H,8H2,1H3. The molecule has 21 heavy (non-hydrogen) atoms. The van der Waals surface area contributed by atoms with Crippen LogP contribution in [0.15, 0.2) is 56.0 Å². The number of aromatic nitrogens is 1. The lowest BCUT2D eigenvalue weighted by Gasteiger charge is -2.11. The van der Waals surface area contributed by atoms with Crippen LogP contribution in [0.1, 0.15) is 5.56 Å². The van der Waals surface area contributed by atoms with Crippen molar-refractivity contribution in [3.8, 4) is 0 Å². The van der Waals surface area contributed by atoms with Gasteiger partial charge in [0.2, 0.25) is 0 Å². The smallest absolute Gasteiger partial charge is 0.0632 e. The summed E-state index contributed by atoms with van der Waals surface area (Å²) in [5, 5.41) is 4.79. The average molecular weight is 473 g/mol. The molecule has 0 bridgehead atoms. The summed E-state index contributed by atoms with van der Waals surface area (Å²) in [6.45, 7) is 0.778. The van der Waals surface area contributed by atoms with Crippen LogP contribution in [0.3, 0.4) is 0 Å². The Labute approximate surface area is 148 Å². The molecule has 1 heterocycles. The molecular formula is C16H13Br3N2. The normalized spacial score (nSPS) is 11.0. The Morgan fingerprint density at radius 1 is 1.05 bits per heavy atom. The summed E-state index contributed by atoms with van der Waals surface area (Å²) in [6.07, 6.45) is 2.18. The summed E-state index contributed by atoms with van der Waals surface area (Å²) in [5.74, 6) is 0. The molecule has 0 saturated heterocycles. The molecule has 0 fully saturated rings. The predicted octanol–water partition coefficient (Wildman–Crippen LogP) is 6.08. The number of aryl methyl sites for hydroxylation is 1. The van der Waals surface area contributed by atoms with Crippen LogP contribution in [0.2, 0.25) is 0 Å². The Bertz CT molecular complexity index is 785. The number of fused-ring (bicyclic) bond motifs is 1. The summed E-state index contributed by atoms with van der Waals surface area (Å²) in [4.78, 5) is 0. The number of rotatable bonds is 3. The minimum absolute atomic E-state index is 0.778. The van der Waals surface area contributed by atoms with Crippen LogP contribution in [0.4, 0.5) is 5.69 Å². The van der Waals surface area contributed by atoms with Crippen LogP contribution < -0.4 is 5.32 Å². The number of para-hydroxylation sites is 1. The van der Waals surface area contributed by atoms with Gasteiger partial charge in [0.05, 0.1) is 5.69 Å². The van der Waals surface area contributed by atoms with Gasteiger partial charge in [-0.3, -0.25) is 0 Å². The summed E-state index contributed by atoms with van der Waals surface area (Å²) in [7, 11) is 2.08. The fraction of sp³-hybridized carbons (Fsp3) is 0.125. The number of benzene rings is 2. The molecule has 0 amide bonds. The number of nitrogens with one attached hydrogen (secondary N) is 1. The van der Waals surface area contributed by atoms with E-state index in [9.17, 15) is 0 Å². The second-order valence-electron chi connectivity index (χ2n) is 4.88. The van der Waals surface area contributed by atoms with Crippen LogP contribution in [0.25, 0.3) is 10.9 Å². The van der Waals surface area contributed by atoms with E-state index in [-0.39, 0.29) is 0 Å². The van der Waals surface area contributed by atoms with Gasteiger partial charge in [-0.1, -0.05) is 34.1 Å². The molecule has 5 heteroatoms. The van der Waals surface area contributed by atoms with Gasteiger partial charge in [0, 0.05) is 44.1 Å². The highest BCUT2D eigenvalue weighted by Gasteiger charge is 2.09. The van der Waals surface area contributed by atoms with Crippen LogP contribution in [0.5, 0.6) is 0 Å². The van der Waals surface area contributed by atoms with E-state index in [0.717, 1.165) is 25.7 Å². The van der Waals surface area contributed by atoms with Crippen molar-refractivity contribution in [3.63, 3.8) is 0 Å². The van der Waals surface area contributed by atoms with E-state index in [1.54, 1.807) is 0 Å². The maximum atomic E-state index is 3.60. The molecule has 108 valence electrons. The molecule has 3 rings (SSSR count). The molecule has 0 radical (unpaired) electrons. The van der Waals surface area contributed by atoms with Crippen LogP contribution in [-0.2, 0) is 13.6 Å². The van der Waals surface area contributed by atoms with Gasteiger partial charge in [-0.05, 0) is 55.6 Å². The number of hydrogen-bond donors (Lipinski definition) is 1. The predicted molar refractivity (Wildman–Crippen MR) is 99.8 cm³/mol. The number of anilines is 1. The molecule has 1 aromatic heterocycles. The van der Waals surface area contributed by atoms with Gasteiger partial charge >= 0.3 is 0 Å². The van der Waals surface area contributed by atoms with Crippen molar-refractivity contribution in [2.24, 2.45) is 7.05 Å². The molecule has 0 spiro atoms. The molecule has 2 nitrogen and oxygen atoms in total. The Balaban J connectivity index is 1.91. The lowest BCUT2D eigenvalue weighted by Crippen LogP contribution is -2.00. The van der Waals surface area contributed by atoms with E-state index in [1.165, 1.54) is 16.5 Å². The van der Waals surface area contributed by atoms with Crippen molar-refractivity contribution in [2.75, 3.05) is 5.32 Å². The highest BCUT2D eigenvalue weighted by molar-refractivity contribution is 9.11. The summed E-state index contributed by atoms with van der Waals surface area (Å²) < 4.78 is 5.27. The first kappa shape index (κ1) is 15.1. The first-order valence-electron chi connectivity index (χ1n) is 6.47. The second-order valence-corrected chi connectivity index (χ2v) is 7.50. The Kier molecular flexibility index (Phi) is 4.43. The first-order chi connectivity index (χ1) is 10.1. The van der Waals surface area contributed by atoms with Crippen molar-refractivity contribution in [1.29, 1.82) is 0 Å². The van der Waals surface area contributed by atoms with E-state index < -0.39 is 0 Å². The molecule has 0 aliphatic heterocycles. The zero-order chi connectivity index (χ0) is 15.0. The summed E-state index contributed by atoms with van der Waals surface area (Å²) >= 11 is 10.7. The third kappa shape index (κ3) is 3.05. The van der Waals surface area contributed by atoms with Crippen molar-refractivity contribution in [1.82, 2.24) is 4.57 Å². The highest BCUT2D eigenvalue weighted by atomic mass is 79.9. The van der Waals surface area contributed by atoms with Crippen LogP contribution >= 0.6 is 47.8 Å². The highest BCUT2D eigenvalue weighted by Crippen LogP contribution is 2.35. The summed E-state index contributed by atoms with van der Waals surface area (Å²) in [5.41, 5.74) is 3.60. The minimum Gasteiger partial charge on any atom is -0.379 e. The molecule has 0 atom stereocenters. The Morgan fingerprint density at radius 3 is 2.43 bits per heavy atom. The van der Waals surface area contributed by atoms with Crippen molar-refractivity contribution in [2.45, 2.75) is 6.54 Å². The maximum absolute atomic E-state index is 3.60. The number of halogens is 3.